The molecule has 2 N–H and O–H groups in total. The van der Waals surface area contributed by atoms with Crippen LogP contribution in [0, 0.1) is 12.7 Å². The Hall–Kier alpha value is -1.87. The molecule has 21 heavy (non-hydrogen) atoms. The molecule has 0 aromatic heterocycles. The number of benzene rings is 2. The van der Waals surface area contributed by atoms with Crippen LogP contribution in [-0.2, 0) is 6.42 Å². The summed E-state index contributed by atoms with van der Waals surface area (Å²) in [4.78, 5) is 0. The maximum absolute atomic E-state index is 13.4. The van der Waals surface area contributed by atoms with E-state index in [0.717, 1.165) is 23.3 Å². The Morgan fingerprint density at radius 2 is 2.10 bits per heavy atom. The summed E-state index contributed by atoms with van der Waals surface area (Å²) in [6.07, 6.45) is 1.59. The zero-order chi connectivity index (χ0) is 14.8. The summed E-state index contributed by atoms with van der Waals surface area (Å²) >= 11 is 0. The van der Waals surface area contributed by atoms with Gasteiger partial charge in [-0.25, -0.2) is 4.39 Å². The molecule has 2 aromatic carbocycles. The van der Waals surface area contributed by atoms with Gasteiger partial charge in [0.15, 0.2) is 0 Å². The fraction of sp³-hybridized carbons (Fsp3) is 0.333. The molecule has 0 bridgehead atoms. The number of para-hydroxylation sites is 1. The fourth-order valence-corrected chi connectivity index (χ4v) is 3.07. The molecule has 1 aliphatic rings. The summed E-state index contributed by atoms with van der Waals surface area (Å²) < 4.78 is 19.1. The fourth-order valence-electron chi connectivity index (χ4n) is 3.07. The van der Waals surface area contributed by atoms with Crippen LogP contribution in [0.25, 0.3) is 0 Å². The molecule has 0 saturated heterocycles. The highest BCUT2D eigenvalue weighted by atomic mass is 19.1. The van der Waals surface area contributed by atoms with Crippen LogP contribution < -0.4 is 10.5 Å². The van der Waals surface area contributed by atoms with Crippen molar-refractivity contribution in [1.29, 1.82) is 0 Å². The van der Waals surface area contributed by atoms with Gasteiger partial charge in [0.1, 0.15) is 11.6 Å². The third-order valence-corrected chi connectivity index (χ3v) is 4.29. The minimum absolute atomic E-state index is 0.0319. The molecule has 2 atom stereocenters. The third kappa shape index (κ3) is 2.93. The lowest BCUT2D eigenvalue weighted by atomic mass is 9.83. The van der Waals surface area contributed by atoms with Gasteiger partial charge in [0.05, 0.1) is 6.61 Å². The summed E-state index contributed by atoms with van der Waals surface area (Å²) in [7, 11) is 0. The monoisotopic (exact) mass is 285 g/mol. The second-order valence-electron chi connectivity index (χ2n) is 5.72. The Morgan fingerprint density at radius 1 is 1.29 bits per heavy atom. The van der Waals surface area contributed by atoms with Gasteiger partial charge in [0.25, 0.3) is 0 Å². The van der Waals surface area contributed by atoms with Gasteiger partial charge in [0.2, 0.25) is 0 Å². The third-order valence-electron chi connectivity index (χ3n) is 4.29. The summed E-state index contributed by atoms with van der Waals surface area (Å²) in [5, 5.41) is 0. The predicted octanol–water partition coefficient (Wildman–Crippen LogP) is 3.57. The first-order chi connectivity index (χ1) is 10.1. The molecule has 0 radical (unpaired) electrons. The average molecular weight is 285 g/mol. The average Bonchev–Trinajstić information content (AvgIpc) is 2.50. The standard InChI is InChI=1S/C18H20FNO/c1-12-6-7-14(19)10-13(12)11-17(20)15-8-9-21-18-5-3-2-4-16(15)18/h2-7,10,15,17H,8-9,11,20H2,1H3. The van der Waals surface area contributed by atoms with Crippen molar-refractivity contribution in [3.8, 4) is 5.75 Å². The minimum Gasteiger partial charge on any atom is -0.493 e. The van der Waals surface area contributed by atoms with E-state index in [1.165, 1.54) is 11.6 Å². The van der Waals surface area contributed by atoms with E-state index in [0.29, 0.717) is 13.0 Å². The van der Waals surface area contributed by atoms with Crippen LogP contribution in [-0.4, -0.2) is 12.6 Å². The Morgan fingerprint density at radius 3 is 2.95 bits per heavy atom. The van der Waals surface area contributed by atoms with E-state index >= 15 is 0 Å². The number of fused-ring (bicyclic) bond motifs is 1. The van der Waals surface area contributed by atoms with E-state index in [-0.39, 0.29) is 17.8 Å². The van der Waals surface area contributed by atoms with Gasteiger partial charge in [-0.05, 0) is 54.7 Å². The lowest BCUT2D eigenvalue weighted by Gasteiger charge is -2.30. The highest BCUT2D eigenvalue weighted by Gasteiger charge is 2.26. The molecule has 0 spiro atoms. The van der Waals surface area contributed by atoms with E-state index in [2.05, 4.69) is 6.07 Å². The summed E-state index contributed by atoms with van der Waals surface area (Å²) in [6.45, 7) is 2.69. The normalized spacial score (nSPS) is 18.7. The van der Waals surface area contributed by atoms with Crippen molar-refractivity contribution in [2.24, 2.45) is 5.73 Å². The van der Waals surface area contributed by atoms with Crippen molar-refractivity contribution in [3.63, 3.8) is 0 Å². The first-order valence-electron chi connectivity index (χ1n) is 7.37. The Kier molecular flexibility index (Phi) is 3.93. The first kappa shape index (κ1) is 14.1. The molecule has 1 heterocycles. The second kappa shape index (κ2) is 5.86. The van der Waals surface area contributed by atoms with Crippen molar-refractivity contribution in [2.75, 3.05) is 6.61 Å². The quantitative estimate of drug-likeness (QED) is 0.935. The number of hydrogen-bond donors (Lipinski definition) is 1. The molecular formula is C18H20FNO. The van der Waals surface area contributed by atoms with Crippen LogP contribution in [0.1, 0.15) is 29.0 Å². The minimum atomic E-state index is -0.199. The maximum Gasteiger partial charge on any atom is 0.123 e. The zero-order valence-electron chi connectivity index (χ0n) is 12.2. The number of ether oxygens (including phenoxy) is 1. The largest absolute Gasteiger partial charge is 0.493 e. The predicted molar refractivity (Wildman–Crippen MR) is 82.1 cm³/mol. The Bertz CT molecular complexity index is 641. The topological polar surface area (TPSA) is 35.2 Å². The highest BCUT2D eigenvalue weighted by Crippen LogP contribution is 2.35. The molecule has 0 fully saturated rings. The van der Waals surface area contributed by atoms with Gasteiger partial charge < -0.3 is 10.5 Å². The van der Waals surface area contributed by atoms with Gasteiger partial charge >= 0.3 is 0 Å². The van der Waals surface area contributed by atoms with Crippen molar-refractivity contribution >= 4 is 0 Å². The van der Waals surface area contributed by atoms with Crippen LogP contribution in [0.3, 0.4) is 0 Å². The van der Waals surface area contributed by atoms with Crippen LogP contribution >= 0.6 is 0 Å². The van der Waals surface area contributed by atoms with Gasteiger partial charge in [-0.2, -0.15) is 0 Å². The Balaban J connectivity index is 1.83. The molecule has 0 saturated carbocycles. The second-order valence-corrected chi connectivity index (χ2v) is 5.72. The number of halogens is 1. The Labute approximate surface area is 124 Å². The van der Waals surface area contributed by atoms with Gasteiger partial charge in [0, 0.05) is 12.0 Å². The van der Waals surface area contributed by atoms with Crippen molar-refractivity contribution in [3.05, 3.63) is 65.0 Å². The van der Waals surface area contributed by atoms with Crippen molar-refractivity contribution < 1.29 is 9.13 Å². The van der Waals surface area contributed by atoms with E-state index < -0.39 is 0 Å². The van der Waals surface area contributed by atoms with Crippen LogP contribution in [0.15, 0.2) is 42.5 Å². The first-order valence-corrected chi connectivity index (χ1v) is 7.37. The number of aryl methyl sites for hydroxylation is 1. The lowest BCUT2D eigenvalue weighted by Crippen LogP contribution is -2.34. The van der Waals surface area contributed by atoms with Gasteiger partial charge in [-0.15, -0.1) is 0 Å². The van der Waals surface area contributed by atoms with Crippen molar-refractivity contribution in [2.45, 2.75) is 31.7 Å². The molecule has 2 nitrogen and oxygen atoms in total. The summed E-state index contributed by atoms with van der Waals surface area (Å²) in [5.74, 6) is 0.993. The number of nitrogens with two attached hydrogens (primary N) is 1. The van der Waals surface area contributed by atoms with Gasteiger partial charge in [-0.1, -0.05) is 24.3 Å². The van der Waals surface area contributed by atoms with Crippen LogP contribution in [0.2, 0.25) is 0 Å². The van der Waals surface area contributed by atoms with E-state index in [1.807, 2.05) is 31.2 Å². The molecule has 2 aromatic rings. The van der Waals surface area contributed by atoms with Crippen LogP contribution in [0.5, 0.6) is 5.75 Å². The molecule has 1 aliphatic heterocycles. The highest BCUT2D eigenvalue weighted by molar-refractivity contribution is 5.39. The lowest BCUT2D eigenvalue weighted by molar-refractivity contribution is 0.254. The molecule has 3 rings (SSSR count). The molecular weight excluding hydrogens is 265 g/mol. The summed E-state index contributed by atoms with van der Waals surface area (Å²) in [6, 6.07) is 12.9. The molecule has 0 amide bonds. The van der Waals surface area contributed by atoms with Gasteiger partial charge in [-0.3, -0.25) is 0 Å². The maximum atomic E-state index is 13.4. The van der Waals surface area contributed by atoms with E-state index in [9.17, 15) is 4.39 Å². The smallest absolute Gasteiger partial charge is 0.123 e. The van der Waals surface area contributed by atoms with Crippen molar-refractivity contribution in [1.82, 2.24) is 0 Å². The number of hydrogen-bond acceptors (Lipinski definition) is 2. The number of rotatable bonds is 3. The van der Waals surface area contributed by atoms with E-state index in [1.54, 1.807) is 6.07 Å². The molecule has 0 aliphatic carbocycles. The zero-order valence-corrected chi connectivity index (χ0v) is 12.2. The molecule has 3 heteroatoms. The summed E-state index contributed by atoms with van der Waals surface area (Å²) in [5.41, 5.74) is 9.69. The molecule has 110 valence electrons. The molecule has 2 unspecified atom stereocenters. The van der Waals surface area contributed by atoms with E-state index in [4.69, 9.17) is 10.5 Å². The SMILES string of the molecule is Cc1ccc(F)cc1CC(N)C1CCOc2ccccc21. The van der Waals surface area contributed by atoms with Crippen LogP contribution in [0.4, 0.5) is 4.39 Å².